The molecule has 4 rings (SSSR count). The number of halogens is 6. The van der Waals surface area contributed by atoms with Gasteiger partial charge in [0.05, 0.1) is 41.1 Å². The van der Waals surface area contributed by atoms with Gasteiger partial charge in [-0.3, -0.25) is 9.89 Å². The van der Waals surface area contributed by atoms with Gasteiger partial charge in [0.25, 0.3) is 5.91 Å². The van der Waals surface area contributed by atoms with Crippen LogP contribution in [0.5, 0.6) is 11.5 Å². The van der Waals surface area contributed by atoms with Crippen molar-refractivity contribution in [3.8, 4) is 11.5 Å². The highest BCUT2D eigenvalue weighted by Gasteiger charge is 2.38. The average Bonchev–Trinajstić information content (AvgIpc) is 3.52. The molecule has 224 valence electrons. The number of H-pyrrole nitrogens is 1. The molecule has 1 amide bonds. The normalized spacial score (nSPS) is 14.8. The molecule has 1 aromatic heterocycles. The van der Waals surface area contributed by atoms with Crippen molar-refractivity contribution >= 4 is 28.9 Å². The van der Waals surface area contributed by atoms with Gasteiger partial charge in [0.1, 0.15) is 6.61 Å². The maximum Gasteiger partial charge on any atom is 0.416 e. The summed E-state index contributed by atoms with van der Waals surface area (Å²) < 4.78 is 90.2. The predicted octanol–water partition coefficient (Wildman–Crippen LogP) is 7.09. The molecule has 0 fully saturated rings. The molecule has 0 radical (unpaired) electrons. The topological polar surface area (TPSA) is 79.8 Å². The summed E-state index contributed by atoms with van der Waals surface area (Å²) >= 11 is 1.18. The highest BCUT2D eigenvalue weighted by molar-refractivity contribution is 8.18. The minimum Gasteiger partial charge on any atom is -0.493 e. The molecule has 0 aliphatic carbocycles. The van der Waals surface area contributed by atoms with Gasteiger partial charge in [-0.25, -0.2) is 0 Å². The van der Waals surface area contributed by atoms with Gasteiger partial charge in [-0.2, -0.15) is 36.4 Å². The number of amidine groups is 1. The van der Waals surface area contributed by atoms with Crippen molar-refractivity contribution in [1.29, 1.82) is 0 Å². The second-order valence-electron chi connectivity index (χ2n) is 9.37. The Morgan fingerprint density at radius 3 is 2.45 bits per heavy atom. The van der Waals surface area contributed by atoms with Crippen LogP contribution in [0.15, 0.2) is 52.4 Å². The number of hydrogen-bond acceptors (Lipinski definition) is 6. The number of carbonyl (C=O) groups is 1. The molecule has 2 heterocycles. The number of aliphatic imine (C=N–C) groups is 1. The monoisotopic (exact) mass is 612 g/mol. The largest absolute Gasteiger partial charge is 0.493 e. The number of benzene rings is 2. The molecule has 1 aliphatic heterocycles. The Hall–Kier alpha value is -3.94. The average molecular weight is 613 g/mol. The Kier molecular flexibility index (Phi) is 9.24. The molecule has 0 saturated carbocycles. The zero-order valence-electron chi connectivity index (χ0n) is 22.7. The van der Waals surface area contributed by atoms with E-state index in [1.807, 2.05) is 11.0 Å². The van der Waals surface area contributed by atoms with Gasteiger partial charge >= 0.3 is 12.4 Å². The van der Waals surface area contributed by atoms with E-state index < -0.39 is 41.6 Å². The van der Waals surface area contributed by atoms with Gasteiger partial charge < -0.3 is 14.4 Å². The Balaban J connectivity index is 1.45. The molecular weight excluding hydrogens is 586 g/mol. The summed E-state index contributed by atoms with van der Waals surface area (Å²) in [6.45, 7) is 1.88. The summed E-state index contributed by atoms with van der Waals surface area (Å²) in [7, 11) is 3.13. The van der Waals surface area contributed by atoms with Gasteiger partial charge in [0.15, 0.2) is 16.7 Å². The number of aromatic amines is 1. The van der Waals surface area contributed by atoms with Crippen molar-refractivity contribution in [1.82, 2.24) is 15.1 Å². The van der Waals surface area contributed by atoms with Crippen molar-refractivity contribution in [2.45, 2.75) is 45.3 Å². The fraction of sp³-hybridized carbons (Fsp3) is 0.321. The number of carbonyl (C=O) groups excluding carboxylic acids is 1. The minimum atomic E-state index is -5.02. The lowest BCUT2D eigenvalue weighted by Crippen LogP contribution is -2.22. The molecule has 42 heavy (non-hydrogen) atoms. The molecular formula is C28H26F6N4O3S. The van der Waals surface area contributed by atoms with Gasteiger partial charge in [-0.05, 0) is 60.2 Å². The molecule has 3 aromatic rings. The Morgan fingerprint density at radius 1 is 1.02 bits per heavy atom. The third-order valence-corrected chi connectivity index (χ3v) is 7.24. The van der Waals surface area contributed by atoms with Crippen molar-refractivity contribution in [2.75, 3.05) is 14.2 Å². The molecule has 0 atom stereocenters. The maximum absolute atomic E-state index is 13.5. The number of nitrogens with zero attached hydrogens (tertiary/aromatic N) is 3. The molecule has 2 aromatic carbocycles. The molecule has 0 spiro atoms. The van der Waals surface area contributed by atoms with Crippen LogP contribution in [-0.2, 0) is 36.7 Å². The van der Waals surface area contributed by atoms with E-state index in [1.54, 1.807) is 19.2 Å². The van der Waals surface area contributed by atoms with E-state index in [4.69, 9.17) is 9.47 Å². The Labute approximate surface area is 241 Å². The number of amides is 1. The van der Waals surface area contributed by atoms with Crippen LogP contribution in [0.1, 0.15) is 47.0 Å². The van der Waals surface area contributed by atoms with E-state index in [1.165, 1.54) is 31.0 Å². The van der Waals surface area contributed by atoms with E-state index >= 15 is 0 Å². The number of hydrogen-bond donors (Lipinski definition) is 1. The number of nitrogens with one attached hydrogen (secondary N) is 1. The zero-order valence-corrected chi connectivity index (χ0v) is 23.5. The highest BCUT2D eigenvalue weighted by atomic mass is 32.2. The zero-order chi connectivity index (χ0) is 30.7. The quantitative estimate of drug-likeness (QED) is 0.205. The Morgan fingerprint density at radius 2 is 1.79 bits per heavy atom. The van der Waals surface area contributed by atoms with Gasteiger partial charge in [0.2, 0.25) is 0 Å². The number of aryl methyl sites for hydroxylation is 1. The number of ether oxygens (including phenoxy) is 2. The number of alkyl halides is 6. The summed E-state index contributed by atoms with van der Waals surface area (Å²) in [5, 5.41) is 7.75. The van der Waals surface area contributed by atoms with Crippen LogP contribution in [0.3, 0.4) is 0 Å². The van der Waals surface area contributed by atoms with Crippen LogP contribution >= 0.6 is 11.8 Å². The first-order valence-electron chi connectivity index (χ1n) is 12.6. The smallest absolute Gasteiger partial charge is 0.416 e. The SMILES string of the molecule is CCCc1cc(CN(C)C2=NC(=O)C(=Cc3ccc(OCc4ccc(C(F)(F)F)cc4C(F)(F)F)c(OC)c3)S2)[nH]n1. The highest BCUT2D eigenvalue weighted by Crippen LogP contribution is 2.39. The van der Waals surface area contributed by atoms with E-state index in [-0.39, 0.29) is 17.6 Å². The van der Waals surface area contributed by atoms with Crippen LogP contribution in [0.2, 0.25) is 0 Å². The molecule has 7 nitrogen and oxygen atoms in total. The Bertz CT molecular complexity index is 1510. The third kappa shape index (κ3) is 7.46. The first-order valence-corrected chi connectivity index (χ1v) is 13.4. The van der Waals surface area contributed by atoms with Crippen molar-refractivity contribution < 1.29 is 40.6 Å². The summed E-state index contributed by atoms with van der Waals surface area (Å²) in [6, 6.07) is 7.87. The van der Waals surface area contributed by atoms with E-state index in [0.717, 1.165) is 30.3 Å². The second-order valence-corrected chi connectivity index (χ2v) is 10.4. The number of aromatic nitrogens is 2. The lowest BCUT2D eigenvalue weighted by molar-refractivity contribution is -0.143. The summed E-state index contributed by atoms with van der Waals surface area (Å²) in [6.07, 6.45) is -6.52. The van der Waals surface area contributed by atoms with Crippen LogP contribution in [0.4, 0.5) is 26.3 Å². The summed E-state index contributed by atoms with van der Waals surface area (Å²) in [5.41, 5.74) is -0.939. The van der Waals surface area contributed by atoms with Crippen molar-refractivity contribution in [3.63, 3.8) is 0 Å². The maximum atomic E-state index is 13.5. The molecule has 1 aliphatic rings. The van der Waals surface area contributed by atoms with Gasteiger partial charge in [-0.1, -0.05) is 25.5 Å². The number of thioether (sulfide) groups is 1. The van der Waals surface area contributed by atoms with E-state index in [9.17, 15) is 31.1 Å². The van der Waals surface area contributed by atoms with Crippen LogP contribution in [0, 0.1) is 0 Å². The lowest BCUT2D eigenvalue weighted by atomic mass is 10.0. The lowest BCUT2D eigenvalue weighted by Gasteiger charge is -2.17. The minimum absolute atomic E-state index is 0.0634. The standard InChI is InChI=1S/C28H26F6N4O3S/c1-4-5-19-13-20(37-36-19)14-38(2)26-35-25(39)24(42-26)11-16-6-9-22(23(10-16)40-3)41-15-17-7-8-18(27(29,30)31)12-21(17)28(32,33)34/h6-13H,4-5,14-15H2,1-3H3,(H,36,37). The number of methoxy groups -OCH3 is 1. The van der Waals surface area contributed by atoms with E-state index in [2.05, 4.69) is 22.1 Å². The van der Waals surface area contributed by atoms with Crippen molar-refractivity contribution in [3.05, 3.63) is 81.0 Å². The molecule has 0 bridgehead atoms. The first kappa shape index (κ1) is 31.0. The summed E-state index contributed by atoms with van der Waals surface area (Å²) in [5.74, 6) is -0.211. The molecule has 0 unspecified atom stereocenters. The van der Waals surface area contributed by atoms with Gasteiger partial charge in [-0.15, -0.1) is 0 Å². The first-order chi connectivity index (χ1) is 19.8. The van der Waals surface area contributed by atoms with Crippen LogP contribution in [-0.4, -0.2) is 40.3 Å². The predicted molar refractivity (Wildman–Crippen MR) is 146 cm³/mol. The summed E-state index contributed by atoms with van der Waals surface area (Å²) in [4.78, 5) is 18.9. The third-order valence-electron chi connectivity index (χ3n) is 6.14. The van der Waals surface area contributed by atoms with Gasteiger partial charge in [0, 0.05) is 12.6 Å². The fourth-order valence-corrected chi connectivity index (χ4v) is 4.98. The van der Waals surface area contributed by atoms with Crippen molar-refractivity contribution in [2.24, 2.45) is 4.99 Å². The van der Waals surface area contributed by atoms with Crippen LogP contribution in [0.25, 0.3) is 6.08 Å². The molecule has 14 heteroatoms. The van der Waals surface area contributed by atoms with Crippen LogP contribution < -0.4 is 9.47 Å². The molecule has 1 N–H and O–H groups in total. The number of rotatable bonds is 9. The fourth-order valence-electron chi connectivity index (χ4n) is 4.10. The second kappa shape index (κ2) is 12.5. The van der Waals surface area contributed by atoms with E-state index in [0.29, 0.717) is 28.2 Å². The molecule has 0 saturated heterocycles.